The molecule has 0 bridgehead atoms. The third kappa shape index (κ3) is 2.46. The van der Waals surface area contributed by atoms with Gasteiger partial charge in [-0.25, -0.2) is 0 Å². The maximum absolute atomic E-state index is 12.9. The van der Waals surface area contributed by atoms with E-state index >= 15 is 0 Å². The highest BCUT2D eigenvalue weighted by molar-refractivity contribution is 6.07. The van der Waals surface area contributed by atoms with Gasteiger partial charge in [0.05, 0.1) is 0 Å². The lowest BCUT2D eigenvalue weighted by Crippen LogP contribution is -2.36. The van der Waals surface area contributed by atoms with E-state index in [1.807, 2.05) is 24.0 Å². The van der Waals surface area contributed by atoms with Crippen molar-refractivity contribution in [3.8, 4) is 0 Å². The first kappa shape index (κ1) is 13.9. The Morgan fingerprint density at radius 2 is 1.90 bits per heavy atom. The molecule has 1 heterocycles. The summed E-state index contributed by atoms with van der Waals surface area (Å²) >= 11 is 0. The molecule has 0 aliphatic carbocycles. The molecule has 2 heteroatoms. The van der Waals surface area contributed by atoms with Crippen LogP contribution in [0.25, 0.3) is 0 Å². The molecule has 1 aliphatic rings. The number of benzene rings is 2. The molecule has 3 rings (SSSR count). The quantitative estimate of drug-likeness (QED) is 0.766. The van der Waals surface area contributed by atoms with E-state index < -0.39 is 0 Å². The van der Waals surface area contributed by atoms with E-state index in [9.17, 15) is 4.79 Å². The van der Waals surface area contributed by atoms with Gasteiger partial charge in [0.15, 0.2) is 0 Å². The Morgan fingerprint density at radius 1 is 1.10 bits per heavy atom. The van der Waals surface area contributed by atoms with Crippen LogP contribution in [0.3, 0.4) is 0 Å². The second-order valence-electron chi connectivity index (χ2n) is 5.94. The van der Waals surface area contributed by atoms with Crippen molar-refractivity contribution < 1.29 is 4.79 Å². The Hall–Kier alpha value is -2.09. The van der Waals surface area contributed by atoms with Gasteiger partial charge in [0, 0.05) is 17.8 Å². The monoisotopic (exact) mass is 279 g/mol. The highest BCUT2D eigenvalue weighted by Gasteiger charge is 2.24. The number of hydrogen-bond donors (Lipinski definition) is 0. The molecule has 0 saturated heterocycles. The van der Waals surface area contributed by atoms with Crippen LogP contribution in [-0.4, -0.2) is 12.5 Å². The summed E-state index contributed by atoms with van der Waals surface area (Å²) < 4.78 is 0. The molecular formula is C19H21NO. The van der Waals surface area contributed by atoms with E-state index in [4.69, 9.17) is 0 Å². The number of anilines is 1. The van der Waals surface area contributed by atoms with Gasteiger partial charge in [-0.05, 0) is 62.4 Å². The van der Waals surface area contributed by atoms with Crippen molar-refractivity contribution in [2.45, 2.75) is 33.6 Å². The molecule has 0 atom stereocenters. The fourth-order valence-electron chi connectivity index (χ4n) is 3.07. The smallest absolute Gasteiger partial charge is 0.258 e. The molecule has 0 radical (unpaired) electrons. The van der Waals surface area contributed by atoms with Crippen LogP contribution in [0, 0.1) is 20.8 Å². The van der Waals surface area contributed by atoms with Gasteiger partial charge in [-0.3, -0.25) is 4.79 Å². The molecule has 0 N–H and O–H groups in total. The van der Waals surface area contributed by atoms with E-state index in [1.54, 1.807) is 0 Å². The average molecular weight is 279 g/mol. The molecule has 2 aromatic carbocycles. The standard InChI is InChI=1S/C19H21NO/c1-13-9-10-18-16(12-13)7-5-11-20(18)19(21)17-8-4-6-14(2)15(17)3/h4,6,8-10,12H,5,7,11H2,1-3H3. The lowest BCUT2D eigenvalue weighted by molar-refractivity contribution is 0.0984. The SMILES string of the molecule is Cc1ccc2c(c1)CCCN2C(=O)c1cccc(C)c1C. The summed E-state index contributed by atoms with van der Waals surface area (Å²) in [7, 11) is 0. The van der Waals surface area contributed by atoms with Crippen LogP contribution in [-0.2, 0) is 6.42 Å². The minimum atomic E-state index is 0.126. The summed E-state index contributed by atoms with van der Waals surface area (Å²) in [5, 5.41) is 0. The number of carbonyl (C=O) groups is 1. The van der Waals surface area contributed by atoms with Crippen molar-refractivity contribution in [2.24, 2.45) is 0 Å². The number of nitrogens with zero attached hydrogens (tertiary/aromatic N) is 1. The maximum atomic E-state index is 12.9. The highest BCUT2D eigenvalue weighted by atomic mass is 16.2. The number of aryl methyl sites for hydroxylation is 3. The zero-order chi connectivity index (χ0) is 15.0. The molecule has 0 fully saturated rings. The normalized spacial score (nSPS) is 14.0. The van der Waals surface area contributed by atoms with Crippen LogP contribution in [0.4, 0.5) is 5.69 Å². The summed E-state index contributed by atoms with van der Waals surface area (Å²) in [6, 6.07) is 12.3. The van der Waals surface area contributed by atoms with Crippen LogP contribution in [0.5, 0.6) is 0 Å². The molecule has 0 unspecified atom stereocenters. The Labute approximate surface area is 126 Å². The first-order chi connectivity index (χ1) is 10.1. The van der Waals surface area contributed by atoms with Crippen molar-refractivity contribution in [1.82, 2.24) is 0 Å². The Kier molecular flexibility index (Phi) is 3.54. The minimum absolute atomic E-state index is 0.126. The van der Waals surface area contributed by atoms with Crippen LogP contribution >= 0.6 is 0 Å². The van der Waals surface area contributed by atoms with Crippen molar-refractivity contribution in [3.63, 3.8) is 0 Å². The Balaban J connectivity index is 2.02. The third-order valence-electron chi connectivity index (χ3n) is 4.43. The summed E-state index contributed by atoms with van der Waals surface area (Å²) in [4.78, 5) is 14.9. The molecule has 1 aliphatic heterocycles. The molecule has 0 aromatic heterocycles. The van der Waals surface area contributed by atoms with E-state index in [1.165, 1.54) is 16.7 Å². The summed E-state index contributed by atoms with van der Waals surface area (Å²) in [5.41, 5.74) is 6.71. The highest BCUT2D eigenvalue weighted by Crippen LogP contribution is 2.30. The van der Waals surface area contributed by atoms with Crippen molar-refractivity contribution >= 4 is 11.6 Å². The fourth-order valence-corrected chi connectivity index (χ4v) is 3.07. The van der Waals surface area contributed by atoms with Gasteiger partial charge in [0.1, 0.15) is 0 Å². The van der Waals surface area contributed by atoms with Gasteiger partial charge in [0.25, 0.3) is 5.91 Å². The third-order valence-corrected chi connectivity index (χ3v) is 4.43. The second-order valence-corrected chi connectivity index (χ2v) is 5.94. The molecule has 108 valence electrons. The largest absolute Gasteiger partial charge is 0.308 e. The lowest BCUT2D eigenvalue weighted by Gasteiger charge is -2.30. The Morgan fingerprint density at radius 3 is 2.71 bits per heavy atom. The zero-order valence-corrected chi connectivity index (χ0v) is 12.9. The molecule has 21 heavy (non-hydrogen) atoms. The number of carbonyl (C=O) groups excluding carboxylic acids is 1. The molecule has 2 aromatic rings. The molecule has 2 nitrogen and oxygen atoms in total. The average Bonchev–Trinajstić information content (AvgIpc) is 2.48. The maximum Gasteiger partial charge on any atom is 0.258 e. The van der Waals surface area contributed by atoms with E-state index in [0.29, 0.717) is 0 Å². The lowest BCUT2D eigenvalue weighted by atomic mass is 9.97. The number of fused-ring (bicyclic) bond motifs is 1. The first-order valence-corrected chi connectivity index (χ1v) is 7.55. The van der Waals surface area contributed by atoms with Crippen LogP contribution in [0.15, 0.2) is 36.4 Å². The van der Waals surface area contributed by atoms with E-state index in [2.05, 4.69) is 38.1 Å². The number of amides is 1. The van der Waals surface area contributed by atoms with Gasteiger partial charge in [0.2, 0.25) is 0 Å². The molecular weight excluding hydrogens is 258 g/mol. The fraction of sp³-hybridized carbons (Fsp3) is 0.316. The number of rotatable bonds is 1. The molecule has 0 spiro atoms. The topological polar surface area (TPSA) is 20.3 Å². The first-order valence-electron chi connectivity index (χ1n) is 7.55. The van der Waals surface area contributed by atoms with Gasteiger partial charge >= 0.3 is 0 Å². The van der Waals surface area contributed by atoms with Gasteiger partial charge in [-0.15, -0.1) is 0 Å². The van der Waals surface area contributed by atoms with Crippen LogP contribution in [0.1, 0.15) is 39.0 Å². The summed E-state index contributed by atoms with van der Waals surface area (Å²) in [6.07, 6.45) is 2.10. The van der Waals surface area contributed by atoms with E-state index in [-0.39, 0.29) is 5.91 Å². The van der Waals surface area contributed by atoms with Gasteiger partial charge in [-0.1, -0.05) is 29.8 Å². The van der Waals surface area contributed by atoms with Gasteiger partial charge in [-0.2, -0.15) is 0 Å². The zero-order valence-electron chi connectivity index (χ0n) is 12.9. The minimum Gasteiger partial charge on any atom is -0.308 e. The predicted octanol–water partition coefficient (Wildman–Crippen LogP) is 4.20. The van der Waals surface area contributed by atoms with E-state index in [0.717, 1.165) is 36.2 Å². The summed E-state index contributed by atoms with van der Waals surface area (Å²) in [5.74, 6) is 0.126. The second kappa shape index (κ2) is 5.36. The van der Waals surface area contributed by atoms with Crippen molar-refractivity contribution in [3.05, 3.63) is 64.2 Å². The van der Waals surface area contributed by atoms with Crippen LogP contribution < -0.4 is 4.90 Å². The van der Waals surface area contributed by atoms with Gasteiger partial charge < -0.3 is 4.90 Å². The van der Waals surface area contributed by atoms with Crippen LogP contribution in [0.2, 0.25) is 0 Å². The van der Waals surface area contributed by atoms with Crippen molar-refractivity contribution in [1.29, 1.82) is 0 Å². The number of hydrogen-bond acceptors (Lipinski definition) is 1. The summed E-state index contributed by atoms with van der Waals surface area (Å²) in [6.45, 7) is 7.00. The molecule has 0 saturated carbocycles. The molecule has 1 amide bonds. The Bertz CT molecular complexity index is 703. The van der Waals surface area contributed by atoms with Crippen molar-refractivity contribution in [2.75, 3.05) is 11.4 Å². The predicted molar refractivity (Wildman–Crippen MR) is 87.1 cm³/mol.